The fourth-order valence-electron chi connectivity index (χ4n) is 1.96. The van der Waals surface area contributed by atoms with Gasteiger partial charge < -0.3 is 10.1 Å². The van der Waals surface area contributed by atoms with E-state index in [1.165, 1.54) is 11.1 Å². The third-order valence-corrected chi connectivity index (χ3v) is 3.09. The third kappa shape index (κ3) is 4.02. The molecule has 0 aliphatic heterocycles. The molecule has 1 N–H and O–H groups in total. The topological polar surface area (TPSA) is 21.3 Å². The van der Waals surface area contributed by atoms with Gasteiger partial charge in [0.15, 0.2) is 0 Å². The summed E-state index contributed by atoms with van der Waals surface area (Å²) in [5.41, 5.74) is 3.68. The van der Waals surface area contributed by atoms with Gasteiger partial charge in [-0.15, -0.1) is 0 Å². The molecule has 0 aromatic heterocycles. The molecule has 0 unspecified atom stereocenters. The van der Waals surface area contributed by atoms with Crippen LogP contribution in [0.2, 0.25) is 0 Å². The number of ether oxygens (including phenoxy) is 1. The maximum Gasteiger partial charge on any atom is 0.122 e. The van der Waals surface area contributed by atoms with Crippen molar-refractivity contribution in [3.05, 3.63) is 59.7 Å². The lowest BCUT2D eigenvalue weighted by atomic mass is 10.1. The van der Waals surface area contributed by atoms with E-state index >= 15 is 0 Å². The lowest BCUT2D eigenvalue weighted by molar-refractivity contribution is 0.329. The molecule has 0 aliphatic carbocycles. The third-order valence-electron chi connectivity index (χ3n) is 3.09. The van der Waals surface area contributed by atoms with Gasteiger partial charge >= 0.3 is 0 Å². The number of anilines is 1. The molecule has 0 radical (unpaired) electrons. The van der Waals surface area contributed by atoms with Gasteiger partial charge in [-0.2, -0.15) is 0 Å². The summed E-state index contributed by atoms with van der Waals surface area (Å²) in [5.74, 6) is 0.996. The zero-order chi connectivity index (χ0) is 13.5. The van der Waals surface area contributed by atoms with Gasteiger partial charge in [0.25, 0.3) is 0 Å². The summed E-state index contributed by atoms with van der Waals surface area (Å²) in [7, 11) is 0. The first-order chi connectivity index (χ1) is 9.29. The fourth-order valence-corrected chi connectivity index (χ4v) is 1.96. The quantitative estimate of drug-likeness (QED) is 0.786. The molecule has 0 heterocycles. The van der Waals surface area contributed by atoms with E-state index in [0.29, 0.717) is 6.61 Å². The second kappa shape index (κ2) is 6.83. The molecule has 19 heavy (non-hydrogen) atoms. The Hall–Kier alpha value is -1.96. The van der Waals surface area contributed by atoms with E-state index in [-0.39, 0.29) is 0 Å². The Bertz CT molecular complexity index is 505. The van der Waals surface area contributed by atoms with Crippen LogP contribution in [0.25, 0.3) is 0 Å². The number of rotatable bonds is 6. The summed E-state index contributed by atoms with van der Waals surface area (Å²) in [6.45, 7) is 5.72. The summed E-state index contributed by atoms with van der Waals surface area (Å²) < 4.78 is 5.81. The molecule has 0 fully saturated rings. The Balaban J connectivity index is 1.79. The van der Waals surface area contributed by atoms with Crippen LogP contribution in [0, 0.1) is 6.92 Å². The average molecular weight is 255 g/mol. The van der Waals surface area contributed by atoms with Crippen LogP contribution in [0.1, 0.15) is 18.1 Å². The SMILES string of the molecule is CCc1ccccc1OCCNc1ccc(C)cc1. The maximum absolute atomic E-state index is 5.81. The van der Waals surface area contributed by atoms with E-state index in [1.54, 1.807) is 0 Å². The van der Waals surface area contributed by atoms with Gasteiger partial charge in [-0.05, 0) is 37.1 Å². The van der Waals surface area contributed by atoms with E-state index in [2.05, 4.69) is 55.6 Å². The molecule has 0 spiro atoms. The Morgan fingerprint density at radius 2 is 1.74 bits per heavy atom. The van der Waals surface area contributed by atoms with Crippen LogP contribution in [0.4, 0.5) is 5.69 Å². The second-order valence-electron chi connectivity index (χ2n) is 4.60. The molecule has 2 nitrogen and oxygen atoms in total. The highest BCUT2D eigenvalue weighted by atomic mass is 16.5. The van der Waals surface area contributed by atoms with Crippen molar-refractivity contribution < 1.29 is 4.74 Å². The van der Waals surface area contributed by atoms with Crippen LogP contribution in [-0.4, -0.2) is 13.2 Å². The zero-order valence-corrected chi connectivity index (χ0v) is 11.6. The Labute approximate surface area is 115 Å². The van der Waals surface area contributed by atoms with Crippen LogP contribution in [-0.2, 0) is 6.42 Å². The van der Waals surface area contributed by atoms with Crippen LogP contribution < -0.4 is 10.1 Å². The number of hydrogen-bond acceptors (Lipinski definition) is 2. The standard InChI is InChI=1S/C17H21NO/c1-3-15-6-4-5-7-17(15)19-13-12-18-16-10-8-14(2)9-11-16/h4-11,18H,3,12-13H2,1-2H3. The molecule has 0 aliphatic rings. The zero-order valence-electron chi connectivity index (χ0n) is 11.6. The van der Waals surface area contributed by atoms with Crippen molar-refractivity contribution in [3.8, 4) is 5.75 Å². The maximum atomic E-state index is 5.81. The molecule has 2 rings (SSSR count). The van der Waals surface area contributed by atoms with Crippen molar-refractivity contribution in [2.75, 3.05) is 18.5 Å². The van der Waals surface area contributed by atoms with Crippen molar-refractivity contribution in [2.45, 2.75) is 20.3 Å². The van der Waals surface area contributed by atoms with Crippen molar-refractivity contribution in [1.29, 1.82) is 0 Å². The second-order valence-corrected chi connectivity index (χ2v) is 4.60. The smallest absolute Gasteiger partial charge is 0.122 e. The van der Waals surface area contributed by atoms with Gasteiger partial charge in [-0.25, -0.2) is 0 Å². The van der Waals surface area contributed by atoms with Crippen molar-refractivity contribution in [3.63, 3.8) is 0 Å². The molecule has 100 valence electrons. The van der Waals surface area contributed by atoms with Crippen LogP contribution in [0.5, 0.6) is 5.75 Å². The summed E-state index contributed by atoms with van der Waals surface area (Å²) in [6.07, 6.45) is 1.00. The normalized spacial score (nSPS) is 10.2. The Morgan fingerprint density at radius 1 is 1.00 bits per heavy atom. The summed E-state index contributed by atoms with van der Waals surface area (Å²) in [4.78, 5) is 0. The molecule has 2 aromatic rings. The molecule has 0 bridgehead atoms. The minimum Gasteiger partial charge on any atom is -0.491 e. The van der Waals surface area contributed by atoms with Crippen LogP contribution in [0.3, 0.4) is 0 Å². The largest absolute Gasteiger partial charge is 0.491 e. The molecular formula is C17H21NO. The number of benzene rings is 2. The van der Waals surface area contributed by atoms with Gasteiger partial charge in [0.2, 0.25) is 0 Å². The van der Waals surface area contributed by atoms with Gasteiger partial charge in [-0.3, -0.25) is 0 Å². The first-order valence-corrected chi connectivity index (χ1v) is 6.81. The predicted octanol–water partition coefficient (Wildman–Crippen LogP) is 4.05. The monoisotopic (exact) mass is 255 g/mol. The minimum atomic E-state index is 0.672. The van der Waals surface area contributed by atoms with Gasteiger partial charge in [0, 0.05) is 12.2 Å². The van der Waals surface area contributed by atoms with E-state index in [1.807, 2.05) is 12.1 Å². The molecule has 2 aromatic carbocycles. The Morgan fingerprint density at radius 3 is 2.47 bits per heavy atom. The van der Waals surface area contributed by atoms with E-state index in [4.69, 9.17) is 4.74 Å². The molecule has 0 atom stereocenters. The number of para-hydroxylation sites is 1. The lowest BCUT2D eigenvalue weighted by Crippen LogP contribution is -2.12. The van der Waals surface area contributed by atoms with E-state index < -0.39 is 0 Å². The molecule has 0 saturated heterocycles. The Kier molecular flexibility index (Phi) is 4.85. The van der Waals surface area contributed by atoms with Crippen molar-refractivity contribution in [2.24, 2.45) is 0 Å². The number of aryl methyl sites for hydroxylation is 2. The summed E-state index contributed by atoms with van der Waals surface area (Å²) in [6, 6.07) is 16.6. The first kappa shape index (κ1) is 13.5. The minimum absolute atomic E-state index is 0.672. The van der Waals surface area contributed by atoms with E-state index in [9.17, 15) is 0 Å². The highest BCUT2D eigenvalue weighted by Crippen LogP contribution is 2.18. The predicted molar refractivity (Wildman–Crippen MR) is 81.0 cm³/mol. The van der Waals surface area contributed by atoms with Gasteiger partial charge in [0.1, 0.15) is 12.4 Å². The number of hydrogen-bond donors (Lipinski definition) is 1. The molecular weight excluding hydrogens is 234 g/mol. The summed E-state index contributed by atoms with van der Waals surface area (Å²) >= 11 is 0. The van der Waals surface area contributed by atoms with Gasteiger partial charge in [0.05, 0.1) is 0 Å². The molecule has 2 heteroatoms. The van der Waals surface area contributed by atoms with E-state index in [0.717, 1.165) is 24.4 Å². The van der Waals surface area contributed by atoms with Gasteiger partial charge in [-0.1, -0.05) is 42.8 Å². The average Bonchev–Trinajstić information content (AvgIpc) is 2.46. The van der Waals surface area contributed by atoms with Crippen molar-refractivity contribution in [1.82, 2.24) is 0 Å². The fraction of sp³-hybridized carbons (Fsp3) is 0.294. The number of nitrogens with one attached hydrogen (secondary N) is 1. The molecule has 0 amide bonds. The van der Waals surface area contributed by atoms with Crippen LogP contribution >= 0.6 is 0 Å². The highest BCUT2D eigenvalue weighted by molar-refractivity contribution is 5.44. The lowest BCUT2D eigenvalue weighted by Gasteiger charge is -2.11. The molecule has 0 saturated carbocycles. The van der Waals surface area contributed by atoms with Crippen LogP contribution in [0.15, 0.2) is 48.5 Å². The first-order valence-electron chi connectivity index (χ1n) is 6.81. The summed E-state index contributed by atoms with van der Waals surface area (Å²) in [5, 5.41) is 3.35. The van der Waals surface area contributed by atoms with Crippen molar-refractivity contribution >= 4 is 5.69 Å². The highest BCUT2D eigenvalue weighted by Gasteiger charge is 1.99.